The Kier molecular flexibility index (Phi) is 6.58. The topological polar surface area (TPSA) is 54.9 Å². The maximum absolute atomic E-state index is 12.9. The molecule has 1 amide bonds. The van der Waals surface area contributed by atoms with Gasteiger partial charge < -0.3 is 19.3 Å². The predicted octanol–water partition coefficient (Wildman–Crippen LogP) is 3.09. The Morgan fingerprint density at radius 3 is 2.55 bits per heavy atom. The van der Waals surface area contributed by atoms with E-state index >= 15 is 0 Å². The number of ether oxygens (including phenoxy) is 2. The molecule has 0 aliphatic carbocycles. The highest BCUT2D eigenvalue weighted by Crippen LogP contribution is 2.32. The van der Waals surface area contributed by atoms with E-state index in [1.54, 1.807) is 30.2 Å². The summed E-state index contributed by atoms with van der Waals surface area (Å²) in [4.78, 5) is 20.4. The van der Waals surface area contributed by atoms with Crippen LogP contribution in [0.5, 0.6) is 5.88 Å². The molecule has 2 heterocycles. The number of benzene rings is 1. The zero-order valence-corrected chi connectivity index (χ0v) is 16.0. The second-order valence-electron chi connectivity index (χ2n) is 6.55. The first-order chi connectivity index (χ1) is 13.9. The summed E-state index contributed by atoms with van der Waals surface area (Å²) in [6.07, 6.45) is -2.87. The van der Waals surface area contributed by atoms with Crippen molar-refractivity contribution in [3.63, 3.8) is 0 Å². The fourth-order valence-corrected chi connectivity index (χ4v) is 3.08. The van der Waals surface area contributed by atoms with Crippen LogP contribution in [0.4, 0.5) is 18.9 Å². The summed E-state index contributed by atoms with van der Waals surface area (Å²) in [5.41, 5.74) is 0.288. The van der Waals surface area contributed by atoms with Crippen molar-refractivity contribution in [2.45, 2.75) is 6.18 Å². The first-order valence-electron chi connectivity index (χ1n) is 9.18. The second-order valence-corrected chi connectivity index (χ2v) is 6.55. The number of anilines is 1. The zero-order valence-electron chi connectivity index (χ0n) is 16.0. The summed E-state index contributed by atoms with van der Waals surface area (Å²) < 4.78 is 49.1. The molecule has 1 fully saturated rings. The number of hydrogen-bond donors (Lipinski definition) is 0. The maximum Gasteiger partial charge on any atom is 0.416 e. The Labute approximate surface area is 166 Å². The van der Waals surface area contributed by atoms with Crippen LogP contribution in [0.2, 0.25) is 0 Å². The average molecular weight is 409 g/mol. The summed E-state index contributed by atoms with van der Waals surface area (Å²) in [5.74, 6) is 0.184. The number of methoxy groups -OCH3 is 1. The molecule has 0 radical (unpaired) electrons. The molecule has 9 heteroatoms. The number of pyridine rings is 1. The van der Waals surface area contributed by atoms with Crippen molar-refractivity contribution in [3.8, 4) is 5.88 Å². The number of carbonyl (C=O) groups excluding carboxylic acids is 1. The smallest absolute Gasteiger partial charge is 0.416 e. The number of piperazine rings is 1. The van der Waals surface area contributed by atoms with E-state index in [0.29, 0.717) is 56.5 Å². The molecule has 0 atom stereocenters. The molecule has 0 unspecified atom stereocenters. The van der Waals surface area contributed by atoms with Gasteiger partial charge in [-0.3, -0.25) is 4.79 Å². The van der Waals surface area contributed by atoms with Crippen molar-refractivity contribution < 1.29 is 27.4 Å². The van der Waals surface area contributed by atoms with Gasteiger partial charge in [-0.25, -0.2) is 4.98 Å². The zero-order chi connectivity index (χ0) is 20.9. The van der Waals surface area contributed by atoms with Gasteiger partial charge in [0.15, 0.2) is 0 Å². The number of alkyl halides is 3. The Balaban J connectivity index is 1.61. The molecule has 0 spiro atoms. The van der Waals surface area contributed by atoms with Crippen LogP contribution >= 0.6 is 0 Å². The minimum Gasteiger partial charge on any atom is -0.475 e. The van der Waals surface area contributed by atoms with E-state index in [0.717, 1.165) is 12.1 Å². The van der Waals surface area contributed by atoms with Gasteiger partial charge >= 0.3 is 6.18 Å². The maximum atomic E-state index is 12.9. The third-order valence-corrected chi connectivity index (χ3v) is 4.62. The molecule has 1 aromatic carbocycles. The fourth-order valence-electron chi connectivity index (χ4n) is 3.08. The van der Waals surface area contributed by atoms with Crippen molar-refractivity contribution >= 4 is 11.6 Å². The number of nitrogens with zero attached hydrogens (tertiary/aromatic N) is 3. The van der Waals surface area contributed by atoms with Gasteiger partial charge in [-0.05, 0) is 24.3 Å². The summed E-state index contributed by atoms with van der Waals surface area (Å²) in [7, 11) is 1.57. The molecule has 156 valence electrons. The van der Waals surface area contributed by atoms with Crippen LogP contribution in [0.25, 0.3) is 0 Å². The Morgan fingerprint density at radius 1 is 1.10 bits per heavy atom. The molecular formula is C20H22F3N3O3. The van der Waals surface area contributed by atoms with Crippen LogP contribution in [0.1, 0.15) is 15.9 Å². The lowest BCUT2D eigenvalue weighted by Crippen LogP contribution is -2.48. The summed E-state index contributed by atoms with van der Waals surface area (Å²) in [6, 6.07) is 8.45. The lowest BCUT2D eigenvalue weighted by atomic mass is 10.1. The highest BCUT2D eigenvalue weighted by molar-refractivity contribution is 5.94. The molecule has 0 bridgehead atoms. The third-order valence-electron chi connectivity index (χ3n) is 4.62. The monoisotopic (exact) mass is 409 g/mol. The fraction of sp³-hybridized carbons (Fsp3) is 0.400. The van der Waals surface area contributed by atoms with Crippen LogP contribution in [0, 0.1) is 0 Å². The van der Waals surface area contributed by atoms with Crippen molar-refractivity contribution in [2.75, 3.05) is 51.4 Å². The molecule has 1 aliphatic rings. The molecule has 0 saturated carbocycles. The standard InChI is InChI=1S/C20H22F3N3O3/c1-28-11-12-29-18-13-15(5-6-24-18)19(27)26-9-7-25(8-10-26)17-4-2-3-16(14-17)20(21,22)23/h2-6,13-14H,7-12H2,1H3. The van der Waals surface area contributed by atoms with Crippen LogP contribution in [-0.2, 0) is 10.9 Å². The van der Waals surface area contributed by atoms with Crippen molar-refractivity contribution in [1.82, 2.24) is 9.88 Å². The van der Waals surface area contributed by atoms with Crippen LogP contribution < -0.4 is 9.64 Å². The van der Waals surface area contributed by atoms with E-state index in [1.807, 2.05) is 4.90 Å². The largest absolute Gasteiger partial charge is 0.475 e. The first-order valence-corrected chi connectivity index (χ1v) is 9.18. The molecule has 3 rings (SSSR count). The number of rotatable bonds is 6. The van der Waals surface area contributed by atoms with Crippen LogP contribution in [-0.4, -0.2) is 62.3 Å². The Morgan fingerprint density at radius 2 is 1.86 bits per heavy atom. The normalized spacial score (nSPS) is 14.8. The van der Waals surface area contributed by atoms with Crippen molar-refractivity contribution in [1.29, 1.82) is 0 Å². The number of carbonyl (C=O) groups is 1. The molecule has 1 aliphatic heterocycles. The van der Waals surface area contributed by atoms with E-state index in [4.69, 9.17) is 9.47 Å². The number of aromatic nitrogens is 1. The van der Waals surface area contributed by atoms with Gasteiger partial charge in [0.2, 0.25) is 5.88 Å². The first kappa shape index (κ1) is 20.9. The van der Waals surface area contributed by atoms with E-state index in [2.05, 4.69) is 4.98 Å². The highest BCUT2D eigenvalue weighted by atomic mass is 19.4. The lowest BCUT2D eigenvalue weighted by Gasteiger charge is -2.36. The van der Waals surface area contributed by atoms with E-state index in [-0.39, 0.29) is 5.91 Å². The van der Waals surface area contributed by atoms with Crippen molar-refractivity contribution in [3.05, 3.63) is 53.7 Å². The minimum absolute atomic E-state index is 0.160. The highest BCUT2D eigenvalue weighted by Gasteiger charge is 2.31. The van der Waals surface area contributed by atoms with E-state index in [1.165, 1.54) is 12.3 Å². The van der Waals surface area contributed by atoms with Crippen LogP contribution in [0.15, 0.2) is 42.6 Å². The average Bonchev–Trinajstić information content (AvgIpc) is 2.73. The van der Waals surface area contributed by atoms with Gasteiger partial charge in [0, 0.05) is 56.8 Å². The Bertz CT molecular complexity index is 837. The van der Waals surface area contributed by atoms with Gasteiger partial charge in [-0.15, -0.1) is 0 Å². The SMILES string of the molecule is COCCOc1cc(C(=O)N2CCN(c3cccc(C(F)(F)F)c3)CC2)ccn1. The quantitative estimate of drug-likeness (QED) is 0.687. The van der Waals surface area contributed by atoms with Gasteiger partial charge in [-0.1, -0.05) is 6.07 Å². The summed E-state index contributed by atoms with van der Waals surface area (Å²) in [6.45, 7) is 2.48. The van der Waals surface area contributed by atoms with Gasteiger partial charge in [-0.2, -0.15) is 13.2 Å². The second kappa shape index (κ2) is 9.13. The molecular weight excluding hydrogens is 387 g/mol. The number of amides is 1. The molecule has 6 nitrogen and oxygen atoms in total. The van der Waals surface area contributed by atoms with E-state index in [9.17, 15) is 18.0 Å². The molecule has 1 aromatic heterocycles. The molecule has 1 saturated heterocycles. The minimum atomic E-state index is -4.38. The van der Waals surface area contributed by atoms with Gasteiger partial charge in [0.1, 0.15) is 6.61 Å². The predicted molar refractivity (Wildman–Crippen MR) is 101 cm³/mol. The molecule has 29 heavy (non-hydrogen) atoms. The lowest BCUT2D eigenvalue weighted by molar-refractivity contribution is -0.137. The third kappa shape index (κ3) is 5.38. The summed E-state index contributed by atoms with van der Waals surface area (Å²) >= 11 is 0. The van der Waals surface area contributed by atoms with Gasteiger partial charge in [0.25, 0.3) is 5.91 Å². The number of halogens is 3. The van der Waals surface area contributed by atoms with E-state index < -0.39 is 11.7 Å². The summed E-state index contributed by atoms with van der Waals surface area (Å²) in [5, 5.41) is 0. The number of hydrogen-bond acceptors (Lipinski definition) is 5. The van der Waals surface area contributed by atoms with Gasteiger partial charge in [0.05, 0.1) is 12.2 Å². The van der Waals surface area contributed by atoms with Crippen molar-refractivity contribution in [2.24, 2.45) is 0 Å². The van der Waals surface area contributed by atoms with Crippen LogP contribution in [0.3, 0.4) is 0 Å². The molecule has 2 aromatic rings. The molecule has 0 N–H and O–H groups in total. The Hall–Kier alpha value is -2.81.